The average Bonchev–Trinajstić information content (AvgIpc) is 3.30. The van der Waals surface area contributed by atoms with Gasteiger partial charge < -0.3 is 10.1 Å². The molecule has 7 heteroatoms. The lowest BCUT2D eigenvalue weighted by atomic mass is 10.0. The lowest BCUT2D eigenvalue weighted by Crippen LogP contribution is -2.08. The summed E-state index contributed by atoms with van der Waals surface area (Å²) in [4.78, 5) is 7.32. The Bertz CT molecular complexity index is 1100. The lowest BCUT2D eigenvalue weighted by molar-refractivity contribution is 0.209. The Kier molecular flexibility index (Phi) is 5.15. The zero-order chi connectivity index (χ0) is 19.7. The molecule has 4 rings (SSSR count). The van der Waals surface area contributed by atoms with Gasteiger partial charge in [-0.1, -0.05) is 23.7 Å². The summed E-state index contributed by atoms with van der Waals surface area (Å²) < 4.78 is 14.9. The van der Waals surface area contributed by atoms with Gasteiger partial charge in [-0.05, 0) is 49.6 Å². The molecule has 0 bridgehead atoms. The summed E-state index contributed by atoms with van der Waals surface area (Å²) in [7, 11) is 0. The van der Waals surface area contributed by atoms with Crippen LogP contribution in [0.25, 0.3) is 11.0 Å². The second kappa shape index (κ2) is 7.73. The van der Waals surface area contributed by atoms with Gasteiger partial charge in [0.2, 0.25) is 0 Å². The van der Waals surface area contributed by atoms with E-state index in [1.54, 1.807) is 30.6 Å². The van der Waals surface area contributed by atoms with E-state index in [1.807, 2.05) is 17.7 Å². The molecule has 5 nitrogen and oxygen atoms in total. The number of nitrogens with zero attached hydrogens (tertiary/aromatic N) is 3. The van der Waals surface area contributed by atoms with Crippen molar-refractivity contribution in [2.45, 2.75) is 32.4 Å². The molecule has 0 spiro atoms. The van der Waals surface area contributed by atoms with E-state index in [1.165, 1.54) is 12.1 Å². The molecule has 1 aromatic carbocycles. The van der Waals surface area contributed by atoms with Crippen LogP contribution in [0.5, 0.6) is 0 Å². The summed E-state index contributed by atoms with van der Waals surface area (Å²) in [6, 6.07) is 10.2. The first kappa shape index (κ1) is 18.7. The predicted molar refractivity (Wildman–Crippen MR) is 107 cm³/mol. The zero-order valence-corrected chi connectivity index (χ0v) is 16.1. The first-order valence-electron chi connectivity index (χ1n) is 9.17. The summed E-state index contributed by atoms with van der Waals surface area (Å²) in [6.45, 7) is 2.63. The molecule has 0 radical (unpaired) electrons. The highest BCUT2D eigenvalue weighted by molar-refractivity contribution is 6.31. The number of aryl methyl sites for hydroxylation is 3. The van der Waals surface area contributed by atoms with Crippen LogP contribution in [0.2, 0.25) is 5.02 Å². The van der Waals surface area contributed by atoms with Gasteiger partial charge in [0, 0.05) is 29.9 Å². The number of hydrogen-bond acceptors (Lipinski definition) is 3. The first-order chi connectivity index (χ1) is 13.5. The van der Waals surface area contributed by atoms with Crippen molar-refractivity contribution in [3.63, 3.8) is 0 Å². The van der Waals surface area contributed by atoms with Crippen molar-refractivity contribution in [2.75, 3.05) is 0 Å². The summed E-state index contributed by atoms with van der Waals surface area (Å²) in [5, 5.41) is 16.9. The molecular weight excluding hydrogens is 379 g/mol. The number of rotatable bonds is 6. The average molecular weight is 399 g/mol. The molecule has 0 saturated heterocycles. The fourth-order valence-electron chi connectivity index (χ4n) is 3.39. The predicted octanol–water partition coefficient (Wildman–Crippen LogP) is 4.44. The number of benzene rings is 1. The summed E-state index contributed by atoms with van der Waals surface area (Å²) in [6.07, 6.45) is 3.94. The van der Waals surface area contributed by atoms with E-state index in [2.05, 4.69) is 15.1 Å². The largest absolute Gasteiger partial charge is 0.382 e. The molecule has 0 saturated carbocycles. The SMILES string of the molecule is CCn1nc(CCc2ccc(F)cc2)cc1C(O)c1c[nH]c2ncc(Cl)cc12. The number of halogens is 2. The second-order valence-corrected chi connectivity index (χ2v) is 7.14. The minimum atomic E-state index is -0.846. The van der Waals surface area contributed by atoms with Crippen LogP contribution in [-0.4, -0.2) is 24.9 Å². The van der Waals surface area contributed by atoms with E-state index in [4.69, 9.17) is 11.6 Å². The Balaban J connectivity index is 1.59. The molecule has 1 unspecified atom stereocenters. The molecule has 0 aliphatic carbocycles. The molecule has 0 aliphatic rings. The van der Waals surface area contributed by atoms with E-state index in [-0.39, 0.29) is 5.82 Å². The number of aliphatic hydroxyl groups is 1. The van der Waals surface area contributed by atoms with Crippen LogP contribution in [0.3, 0.4) is 0 Å². The molecule has 28 heavy (non-hydrogen) atoms. The molecule has 0 aliphatic heterocycles. The van der Waals surface area contributed by atoms with E-state index in [0.29, 0.717) is 29.2 Å². The van der Waals surface area contributed by atoms with Crippen molar-refractivity contribution in [1.82, 2.24) is 19.7 Å². The quantitative estimate of drug-likeness (QED) is 0.504. The number of aliphatic hydroxyl groups excluding tert-OH is 1. The van der Waals surface area contributed by atoms with Gasteiger partial charge in [-0.15, -0.1) is 0 Å². The zero-order valence-electron chi connectivity index (χ0n) is 15.4. The van der Waals surface area contributed by atoms with Crippen molar-refractivity contribution in [3.05, 3.63) is 82.1 Å². The van der Waals surface area contributed by atoms with Crippen LogP contribution in [-0.2, 0) is 19.4 Å². The number of hydrogen-bond donors (Lipinski definition) is 2. The van der Waals surface area contributed by atoms with Crippen LogP contribution in [0, 0.1) is 5.82 Å². The number of aromatic nitrogens is 4. The van der Waals surface area contributed by atoms with Crippen LogP contribution < -0.4 is 0 Å². The minimum Gasteiger partial charge on any atom is -0.382 e. The van der Waals surface area contributed by atoms with Gasteiger partial charge in [0.15, 0.2) is 0 Å². The third-order valence-corrected chi connectivity index (χ3v) is 5.06. The third kappa shape index (κ3) is 3.66. The minimum absolute atomic E-state index is 0.238. The monoisotopic (exact) mass is 398 g/mol. The normalized spacial score (nSPS) is 12.6. The van der Waals surface area contributed by atoms with Gasteiger partial charge in [-0.25, -0.2) is 9.37 Å². The summed E-state index contributed by atoms with van der Waals surface area (Å²) >= 11 is 6.07. The molecule has 0 fully saturated rings. The highest BCUT2D eigenvalue weighted by Gasteiger charge is 2.21. The van der Waals surface area contributed by atoms with Crippen molar-refractivity contribution >= 4 is 22.6 Å². The Morgan fingerprint density at radius 1 is 1.21 bits per heavy atom. The highest BCUT2D eigenvalue weighted by Crippen LogP contribution is 2.30. The Labute approximate surface area is 166 Å². The Morgan fingerprint density at radius 3 is 2.75 bits per heavy atom. The molecule has 4 aromatic rings. The van der Waals surface area contributed by atoms with E-state index in [9.17, 15) is 9.50 Å². The first-order valence-corrected chi connectivity index (χ1v) is 9.54. The second-order valence-electron chi connectivity index (χ2n) is 6.70. The highest BCUT2D eigenvalue weighted by atomic mass is 35.5. The number of aromatic amines is 1. The van der Waals surface area contributed by atoms with Gasteiger partial charge in [0.05, 0.1) is 16.4 Å². The van der Waals surface area contributed by atoms with E-state index in [0.717, 1.165) is 28.8 Å². The Hall–Kier alpha value is -2.70. The van der Waals surface area contributed by atoms with Crippen molar-refractivity contribution < 1.29 is 9.50 Å². The third-order valence-electron chi connectivity index (χ3n) is 4.85. The fourth-order valence-corrected chi connectivity index (χ4v) is 3.55. The van der Waals surface area contributed by atoms with Crippen LogP contribution in [0.15, 0.2) is 48.8 Å². The summed E-state index contributed by atoms with van der Waals surface area (Å²) in [5.41, 5.74) is 4.04. The topological polar surface area (TPSA) is 66.7 Å². The molecule has 2 N–H and O–H groups in total. The van der Waals surface area contributed by atoms with E-state index < -0.39 is 6.10 Å². The molecule has 3 heterocycles. The van der Waals surface area contributed by atoms with E-state index >= 15 is 0 Å². The maximum atomic E-state index is 13.1. The summed E-state index contributed by atoms with van der Waals surface area (Å²) in [5.74, 6) is -0.238. The molecule has 144 valence electrons. The number of nitrogens with one attached hydrogen (secondary N) is 1. The van der Waals surface area contributed by atoms with Gasteiger partial charge in [0.25, 0.3) is 0 Å². The standard InChI is InChI=1S/C21H20ClFN4O/c1-2-27-19(10-16(26-27)8-5-13-3-6-15(23)7-4-13)20(28)18-12-25-21-17(18)9-14(22)11-24-21/h3-4,6-7,9-12,20,28H,2,5,8H2,1H3,(H,24,25). The van der Waals surface area contributed by atoms with Gasteiger partial charge in [-0.2, -0.15) is 5.10 Å². The molecular formula is C21H20ClFN4O. The van der Waals surface area contributed by atoms with Crippen LogP contribution >= 0.6 is 11.6 Å². The number of H-pyrrole nitrogens is 1. The fraction of sp³-hybridized carbons (Fsp3) is 0.238. The number of fused-ring (bicyclic) bond motifs is 1. The smallest absolute Gasteiger partial charge is 0.137 e. The van der Waals surface area contributed by atoms with Crippen LogP contribution in [0.1, 0.15) is 35.5 Å². The maximum absolute atomic E-state index is 13.1. The van der Waals surface area contributed by atoms with Gasteiger partial charge in [0.1, 0.15) is 17.6 Å². The van der Waals surface area contributed by atoms with Crippen molar-refractivity contribution in [2.24, 2.45) is 0 Å². The van der Waals surface area contributed by atoms with Gasteiger partial charge >= 0.3 is 0 Å². The van der Waals surface area contributed by atoms with Crippen molar-refractivity contribution in [1.29, 1.82) is 0 Å². The Morgan fingerprint density at radius 2 is 2.00 bits per heavy atom. The van der Waals surface area contributed by atoms with Gasteiger partial charge in [-0.3, -0.25) is 4.68 Å². The lowest BCUT2D eigenvalue weighted by Gasteiger charge is -2.11. The molecule has 1 atom stereocenters. The van der Waals surface area contributed by atoms with Crippen LogP contribution in [0.4, 0.5) is 4.39 Å². The number of pyridine rings is 1. The molecule has 0 amide bonds. The molecule has 3 aromatic heterocycles. The van der Waals surface area contributed by atoms with Crippen molar-refractivity contribution in [3.8, 4) is 0 Å². The maximum Gasteiger partial charge on any atom is 0.137 e.